The van der Waals surface area contributed by atoms with Crippen LogP contribution in [-0.2, 0) is 9.59 Å². The number of halogens is 1. The quantitative estimate of drug-likeness (QED) is 0.414. The molecule has 1 fully saturated rings. The summed E-state index contributed by atoms with van der Waals surface area (Å²) >= 11 is 3.46. The number of hydrogen-bond donors (Lipinski definition) is 3. The van der Waals surface area contributed by atoms with Crippen molar-refractivity contribution in [3.8, 4) is 0 Å². The van der Waals surface area contributed by atoms with E-state index in [0.717, 1.165) is 58.5 Å². The molecule has 0 aliphatic carbocycles. The lowest BCUT2D eigenvalue weighted by molar-refractivity contribution is -0.133. The highest BCUT2D eigenvalue weighted by atomic mass is 79.9. The first-order valence-corrected chi connectivity index (χ1v) is 11.7. The fraction of sp³-hybridized carbons (Fsp3) is 0.375. The van der Waals surface area contributed by atoms with E-state index < -0.39 is 0 Å². The molecule has 0 unspecified atom stereocenters. The molecule has 1 aromatic heterocycles. The van der Waals surface area contributed by atoms with Crippen molar-refractivity contribution in [3.63, 3.8) is 0 Å². The minimum Gasteiger partial charge on any atom is -0.358 e. The van der Waals surface area contributed by atoms with Crippen LogP contribution in [0.2, 0.25) is 0 Å². The predicted octanol–water partition coefficient (Wildman–Crippen LogP) is 4.02. The van der Waals surface area contributed by atoms with Crippen molar-refractivity contribution >= 4 is 51.0 Å². The van der Waals surface area contributed by atoms with Crippen molar-refractivity contribution in [1.29, 1.82) is 0 Å². The lowest BCUT2D eigenvalue weighted by Gasteiger charge is -2.26. The standard InChI is InChI=1S/C24H27BrN4O3/c1-14-20(13-18-17-12-16(25)7-8-19(17)28-23(18)31)27-15(2)22(14)24(32)26-9-5-11-29-10-4-3-6-21(29)30/h7-8,12-13,27H,3-6,9-11H2,1-2H3,(H,26,32)(H,28,31)/b18-13-. The predicted molar refractivity (Wildman–Crippen MR) is 128 cm³/mol. The summed E-state index contributed by atoms with van der Waals surface area (Å²) in [6.45, 7) is 5.73. The van der Waals surface area contributed by atoms with Gasteiger partial charge in [0, 0.05) is 53.2 Å². The second-order valence-corrected chi connectivity index (χ2v) is 9.23. The molecule has 1 aromatic carbocycles. The van der Waals surface area contributed by atoms with E-state index in [4.69, 9.17) is 0 Å². The summed E-state index contributed by atoms with van der Waals surface area (Å²) in [6, 6.07) is 5.65. The van der Waals surface area contributed by atoms with Gasteiger partial charge in [-0.25, -0.2) is 0 Å². The van der Waals surface area contributed by atoms with Crippen LogP contribution in [0.3, 0.4) is 0 Å². The second-order valence-electron chi connectivity index (χ2n) is 8.31. The number of hydrogen-bond acceptors (Lipinski definition) is 3. The molecule has 3 N–H and O–H groups in total. The minimum absolute atomic E-state index is 0.148. The smallest absolute Gasteiger partial charge is 0.256 e. The number of likely N-dealkylation sites (tertiary alicyclic amines) is 1. The van der Waals surface area contributed by atoms with Crippen LogP contribution in [0.15, 0.2) is 22.7 Å². The number of carbonyl (C=O) groups excluding carboxylic acids is 3. The first kappa shape index (κ1) is 22.3. The summed E-state index contributed by atoms with van der Waals surface area (Å²) in [5.74, 6) is -0.102. The summed E-state index contributed by atoms with van der Waals surface area (Å²) in [5.41, 5.74) is 5.05. The zero-order valence-electron chi connectivity index (χ0n) is 18.3. The number of carbonyl (C=O) groups is 3. The number of aryl methyl sites for hydroxylation is 1. The number of nitrogens with one attached hydrogen (secondary N) is 3. The van der Waals surface area contributed by atoms with Crippen LogP contribution >= 0.6 is 15.9 Å². The van der Waals surface area contributed by atoms with E-state index in [1.54, 1.807) is 6.08 Å². The molecule has 0 atom stereocenters. The molecule has 32 heavy (non-hydrogen) atoms. The van der Waals surface area contributed by atoms with Gasteiger partial charge in [0.05, 0.1) is 11.1 Å². The van der Waals surface area contributed by atoms with Crippen molar-refractivity contribution in [3.05, 3.63) is 50.8 Å². The maximum Gasteiger partial charge on any atom is 0.256 e. The number of piperidine rings is 1. The van der Waals surface area contributed by atoms with Crippen molar-refractivity contribution in [1.82, 2.24) is 15.2 Å². The van der Waals surface area contributed by atoms with E-state index in [1.807, 2.05) is 36.9 Å². The molecule has 168 valence electrons. The molecule has 2 aliphatic heterocycles. The van der Waals surface area contributed by atoms with Crippen LogP contribution in [0.1, 0.15) is 58.6 Å². The number of nitrogens with zero attached hydrogens (tertiary/aromatic N) is 1. The third-order valence-corrected chi connectivity index (χ3v) is 6.56. The van der Waals surface area contributed by atoms with Crippen LogP contribution in [0.25, 0.3) is 11.6 Å². The van der Waals surface area contributed by atoms with Crippen molar-refractivity contribution in [2.45, 2.75) is 39.5 Å². The lowest BCUT2D eigenvalue weighted by Crippen LogP contribution is -2.37. The molecular formula is C24H27BrN4O3. The number of rotatable bonds is 6. The van der Waals surface area contributed by atoms with Gasteiger partial charge in [0.2, 0.25) is 5.91 Å². The second kappa shape index (κ2) is 9.32. The third kappa shape index (κ3) is 4.50. The van der Waals surface area contributed by atoms with Crippen molar-refractivity contribution < 1.29 is 14.4 Å². The van der Waals surface area contributed by atoms with Gasteiger partial charge in [0.15, 0.2) is 0 Å². The Morgan fingerprint density at radius 3 is 2.84 bits per heavy atom. The molecule has 0 radical (unpaired) electrons. The van der Waals surface area contributed by atoms with E-state index in [9.17, 15) is 14.4 Å². The zero-order chi connectivity index (χ0) is 22.8. The molecule has 4 rings (SSSR count). The average molecular weight is 499 g/mol. The normalized spacial score (nSPS) is 17.0. The number of amides is 3. The van der Waals surface area contributed by atoms with Crippen LogP contribution < -0.4 is 10.6 Å². The van der Waals surface area contributed by atoms with Gasteiger partial charge in [-0.15, -0.1) is 0 Å². The molecule has 0 spiro atoms. The highest BCUT2D eigenvalue weighted by molar-refractivity contribution is 9.10. The summed E-state index contributed by atoms with van der Waals surface area (Å²) in [6.07, 6.45) is 5.18. The van der Waals surface area contributed by atoms with Crippen molar-refractivity contribution in [2.24, 2.45) is 0 Å². The Morgan fingerprint density at radius 1 is 1.25 bits per heavy atom. The van der Waals surface area contributed by atoms with Gasteiger partial charge in [0.25, 0.3) is 11.8 Å². The average Bonchev–Trinajstić information content (AvgIpc) is 3.21. The Balaban J connectivity index is 1.45. The maximum atomic E-state index is 12.8. The molecular weight excluding hydrogens is 472 g/mol. The van der Waals surface area contributed by atoms with Crippen molar-refractivity contribution in [2.75, 3.05) is 25.0 Å². The number of H-pyrrole nitrogens is 1. The molecule has 3 heterocycles. The van der Waals surface area contributed by atoms with E-state index in [2.05, 4.69) is 31.5 Å². The summed E-state index contributed by atoms with van der Waals surface area (Å²) in [4.78, 5) is 42.4. The Labute approximate surface area is 195 Å². The number of benzene rings is 1. The molecule has 3 amide bonds. The summed E-state index contributed by atoms with van der Waals surface area (Å²) in [5, 5.41) is 5.84. The Kier molecular flexibility index (Phi) is 6.50. The van der Waals surface area contributed by atoms with Gasteiger partial charge >= 0.3 is 0 Å². The van der Waals surface area contributed by atoms with Gasteiger partial charge in [0.1, 0.15) is 0 Å². The summed E-state index contributed by atoms with van der Waals surface area (Å²) in [7, 11) is 0. The SMILES string of the molecule is Cc1[nH]c(/C=C2\C(=O)Nc3ccc(Br)cc32)c(C)c1C(=O)NCCCN1CCCCC1=O. The highest BCUT2D eigenvalue weighted by Gasteiger charge is 2.26. The number of aromatic nitrogens is 1. The van der Waals surface area contributed by atoms with Crippen LogP contribution in [0.5, 0.6) is 0 Å². The van der Waals surface area contributed by atoms with Gasteiger partial charge in [-0.3, -0.25) is 14.4 Å². The first-order valence-electron chi connectivity index (χ1n) is 10.9. The number of aromatic amines is 1. The topological polar surface area (TPSA) is 94.3 Å². The largest absolute Gasteiger partial charge is 0.358 e. The van der Waals surface area contributed by atoms with Gasteiger partial charge in [-0.1, -0.05) is 15.9 Å². The molecule has 0 saturated carbocycles. The minimum atomic E-state index is -0.164. The fourth-order valence-electron chi connectivity index (χ4n) is 4.37. The highest BCUT2D eigenvalue weighted by Crippen LogP contribution is 2.35. The lowest BCUT2D eigenvalue weighted by atomic mass is 10.0. The van der Waals surface area contributed by atoms with Crippen LogP contribution in [0.4, 0.5) is 5.69 Å². The Morgan fingerprint density at radius 2 is 2.06 bits per heavy atom. The van der Waals surface area contributed by atoms with Crippen LogP contribution in [0, 0.1) is 13.8 Å². The number of fused-ring (bicyclic) bond motifs is 1. The Hall–Kier alpha value is -2.87. The fourth-order valence-corrected chi connectivity index (χ4v) is 4.73. The molecule has 0 bridgehead atoms. The van der Waals surface area contributed by atoms with E-state index in [1.165, 1.54) is 0 Å². The van der Waals surface area contributed by atoms with Gasteiger partial charge in [-0.05, 0) is 62.9 Å². The first-order chi connectivity index (χ1) is 15.3. The Bertz CT molecular complexity index is 1120. The molecule has 2 aliphatic rings. The maximum absolute atomic E-state index is 12.8. The zero-order valence-corrected chi connectivity index (χ0v) is 19.9. The monoisotopic (exact) mass is 498 g/mol. The summed E-state index contributed by atoms with van der Waals surface area (Å²) < 4.78 is 0.893. The van der Waals surface area contributed by atoms with E-state index in [0.29, 0.717) is 30.6 Å². The van der Waals surface area contributed by atoms with Crippen LogP contribution in [-0.4, -0.2) is 47.2 Å². The number of anilines is 1. The van der Waals surface area contributed by atoms with E-state index in [-0.39, 0.29) is 17.7 Å². The third-order valence-electron chi connectivity index (χ3n) is 6.07. The van der Waals surface area contributed by atoms with Gasteiger partial charge < -0.3 is 20.5 Å². The molecule has 2 aromatic rings. The molecule has 1 saturated heterocycles. The van der Waals surface area contributed by atoms with Gasteiger partial charge in [-0.2, -0.15) is 0 Å². The molecule has 7 nitrogen and oxygen atoms in total. The van der Waals surface area contributed by atoms with E-state index >= 15 is 0 Å². The molecule has 8 heteroatoms.